The highest BCUT2D eigenvalue weighted by molar-refractivity contribution is 6.29. The van der Waals surface area contributed by atoms with Gasteiger partial charge in [-0.05, 0) is 0 Å². The number of aromatic nitrogens is 4. The van der Waals surface area contributed by atoms with Crippen molar-refractivity contribution in [3.05, 3.63) is 35.5 Å². The fourth-order valence-corrected chi connectivity index (χ4v) is 1.28. The van der Waals surface area contributed by atoms with E-state index in [0.717, 1.165) is 0 Å². The second-order valence-electron chi connectivity index (χ2n) is 3.08. The first kappa shape index (κ1) is 10.6. The van der Waals surface area contributed by atoms with Crippen molar-refractivity contribution in [1.82, 2.24) is 19.7 Å². The zero-order valence-electron chi connectivity index (χ0n) is 8.38. The van der Waals surface area contributed by atoms with E-state index in [1.807, 2.05) is 0 Å². The summed E-state index contributed by atoms with van der Waals surface area (Å²) in [5, 5.41) is 6.68. The smallest absolute Gasteiger partial charge is 0.260 e. The van der Waals surface area contributed by atoms with Gasteiger partial charge in [0.25, 0.3) is 5.91 Å². The van der Waals surface area contributed by atoms with Crippen LogP contribution in [0.4, 0.5) is 5.82 Å². The molecule has 0 saturated heterocycles. The quantitative estimate of drug-likeness (QED) is 0.849. The summed E-state index contributed by atoms with van der Waals surface area (Å²) in [6, 6.07) is 0. The average molecular weight is 238 g/mol. The molecule has 7 heteroatoms. The van der Waals surface area contributed by atoms with Gasteiger partial charge in [0.2, 0.25) is 0 Å². The largest absolute Gasteiger partial charge is 0.305 e. The molecule has 0 aliphatic rings. The first-order valence-corrected chi connectivity index (χ1v) is 4.80. The SMILES string of the molecule is Cn1cc(C(=O)Nc2cncc(Cl)n2)cn1. The number of aryl methyl sites for hydroxylation is 1. The van der Waals surface area contributed by atoms with Crippen molar-refractivity contribution in [2.24, 2.45) is 7.05 Å². The van der Waals surface area contributed by atoms with Crippen LogP contribution in [-0.2, 0) is 7.05 Å². The summed E-state index contributed by atoms with van der Waals surface area (Å²) in [6.07, 6.45) is 5.88. The van der Waals surface area contributed by atoms with Gasteiger partial charge < -0.3 is 5.32 Å². The maximum absolute atomic E-state index is 11.7. The van der Waals surface area contributed by atoms with Gasteiger partial charge in [-0.1, -0.05) is 11.6 Å². The van der Waals surface area contributed by atoms with Gasteiger partial charge >= 0.3 is 0 Å². The summed E-state index contributed by atoms with van der Waals surface area (Å²) < 4.78 is 1.54. The number of amides is 1. The summed E-state index contributed by atoms with van der Waals surface area (Å²) in [7, 11) is 1.73. The van der Waals surface area contributed by atoms with Crippen LogP contribution in [0.1, 0.15) is 10.4 Å². The molecule has 6 nitrogen and oxygen atoms in total. The molecule has 1 N–H and O–H groups in total. The Labute approximate surface area is 96.3 Å². The van der Waals surface area contributed by atoms with Gasteiger partial charge in [0.1, 0.15) is 5.15 Å². The molecule has 0 aromatic carbocycles. The molecule has 0 fully saturated rings. The van der Waals surface area contributed by atoms with Crippen LogP contribution in [0.3, 0.4) is 0 Å². The van der Waals surface area contributed by atoms with E-state index in [2.05, 4.69) is 20.4 Å². The minimum absolute atomic E-state index is 0.226. The van der Waals surface area contributed by atoms with Crippen molar-refractivity contribution >= 4 is 23.3 Å². The minimum Gasteiger partial charge on any atom is -0.305 e. The van der Waals surface area contributed by atoms with Crippen molar-refractivity contribution in [3.8, 4) is 0 Å². The number of hydrogen-bond acceptors (Lipinski definition) is 4. The molecule has 2 aromatic rings. The zero-order chi connectivity index (χ0) is 11.5. The Morgan fingerprint density at radius 1 is 1.44 bits per heavy atom. The lowest BCUT2D eigenvalue weighted by atomic mass is 10.3. The molecule has 2 heterocycles. The summed E-state index contributed by atoms with van der Waals surface area (Å²) in [4.78, 5) is 19.4. The Hall–Kier alpha value is -1.95. The van der Waals surface area contributed by atoms with Crippen molar-refractivity contribution in [2.45, 2.75) is 0 Å². The normalized spacial score (nSPS) is 10.1. The number of rotatable bonds is 2. The van der Waals surface area contributed by atoms with E-state index in [1.165, 1.54) is 18.6 Å². The summed E-state index contributed by atoms with van der Waals surface area (Å²) >= 11 is 5.64. The van der Waals surface area contributed by atoms with Gasteiger partial charge in [-0.3, -0.25) is 14.5 Å². The van der Waals surface area contributed by atoms with Crippen molar-refractivity contribution in [1.29, 1.82) is 0 Å². The third-order valence-electron chi connectivity index (χ3n) is 1.81. The molecular weight excluding hydrogens is 230 g/mol. The van der Waals surface area contributed by atoms with E-state index < -0.39 is 0 Å². The van der Waals surface area contributed by atoms with Crippen molar-refractivity contribution in [3.63, 3.8) is 0 Å². The monoisotopic (exact) mass is 237 g/mol. The van der Waals surface area contributed by atoms with Crippen LogP contribution in [-0.4, -0.2) is 25.7 Å². The number of nitrogens with one attached hydrogen (secondary N) is 1. The maximum atomic E-state index is 11.7. The second-order valence-corrected chi connectivity index (χ2v) is 3.47. The number of halogens is 1. The van der Waals surface area contributed by atoms with Crippen molar-refractivity contribution in [2.75, 3.05) is 5.32 Å². The minimum atomic E-state index is -0.301. The molecule has 16 heavy (non-hydrogen) atoms. The van der Waals surface area contributed by atoms with Crippen LogP contribution < -0.4 is 5.32 Å². The predicted octanol–water partition coefficient (Wildman–Crippen LogP) is 1.12. The first-order valence-electron chi connectivity index (χ1n) is 4.43. The van der Waals surface area contributed by atoms with Gasteiger partial charge in [0, 0.05) is 13.2 Å². The van der Waals surface area contributed by atoms with Crippen LogP contribution in [0, 0.1) is 0 Å². The highest BCUT2D eigenvalue weighted by atomic mass is 35.5. The van der Waals surface area contributed by atoms with Crippen LogP contribution in [0.15, 0.2) is 24.8 Å². The molecule has 0 aliphatic heterocycles. The topological polar surface area (TPSA) is 72.7 Å². The van der Waals surface area contributed by atoms with E-state index in [1.54, 1.807) is 17.9 Å². The highest BCUT2D eigenvalue weighted by Crippen LogP contribution is 2.08. The van der Waals surface area contributed by atoms with Crippen LogP contribution >= 0.6 is 11.6 Å². The summed E-state index contributed by atoms with van der Waals surface area (Å²) in [5.74, 6) is 0.00557. The molecule has 0 bridgehead atoms. The number of anilines is 1. The fraction of sp³-hybridized carbons (Fsp3) is 0.111. The molecule has 0 saturated carbocycles. The molecule has 82 valence electrons. The van der Waals surface area contributed by atoms with Crippen LogP contribution in [0.2, 0.25) is 5.15 Å². The molecule has 0 unspecified atom stereocenters. The van der Waals surface area contributed by atoms with Gasteiger partial charge in [-0.15, -0.1) is 0 Å². The fourth-order valence-electron chi connectivity index (χ4n) is 1.13. The third kappa shape index (κ3) is 2.34. The van der Waals surface area contributed by atoms with E-state index in [4.69, 9.17) is 11.6 Å². The Balaban J connectivity index is 2.13. The van der Waals surface area contributed by atoms with E-state index in [-0.39, 0.29) is 11.1 Å². The third-order valence-corrected chi connectivity index (χ3v) is 2.00. The van der Waals surface area contributed by atoms with Crippen LogP contribution in [0.5, 0.6) is 0 Å². The molecule has 1 amide bonds. The van der Waals surface area contributed by atoms with E-state index >= 15 is 0 Å². The molecule has 0 atom stereocenters. The Morgan fingerprint density at radius 3 is 2.88 bits per heavy atom. The van der Waals surface area contributed by atoms with E-state index in [0.29, 0.717) is 11.4 Å². The standard InChI is InChI=1S/C9H8ClN5O/c1-15-5-6(2-12-15)9(16)14-8-4-11-3-7(10)13-8/h2-5H,1H3,(H,13,14,16). The van der Waals surface area contributed by atoms with Gasteiger partial charge in [-0.25, -0.2) is 4.98 Å². The molecule has 0 radical (unpaired) electrons. The second kappa shape index (κ2) is 4.28. The summed E-state index contributed by atoms with van der Waals surface area (Å²) in [5.41, 5.74) is 0.448. The average Bonchev–Trinajstić information content (AvgIpc) is 2.65. The lowest BCUT2D eigenvalue weighted by Crippen LogP contribution is -2.12. The number of nitrogens with zero attached hydrogens (tertiary/aromatic N) is 4. The summed E-state index contributed by atoms with van der Waals surface area (Å²) in [6.45, 7) is 0. The zero-order valence-corrected chi connectivity index (χ0v) is 9.14. The molecule has 2 aromatic heterocycles. The Morgan fingerprint density at radius 2 is 2.25 bits per heavy atom. The lowest BCUT2D eigenvalue weighted by Gasteiger charge is -2.01. The predicted molar refractivity (Wildman–Crippen MR) is 58.2 cm³/mol. The van der Waals surface area contributed by atoms with Gasteiger partial charge in [0.05, 0.1) is 24.2 Å². The van der Waals surface area contributed by atoms with Crippen LogP contribution in [0.25, 0.3) is 0 Å². The Kier molecular flexibility index (Phi) is 2.82. The number of carbonyl (C=O) groups is 1. The van der Waals surface area contributed by atoms with Gasteiger partial charge in [-0.2, -0.15) is 5.10 Å². The Bertz CT molecular complexity index is 524. The highest BCUT2D eigenvalue weighted by Gasteiger charge is 2.08. The first-order chi connectivity index (χ1) is 7.65. The molecular formula is C9H8ClN5O. The number of carbonyl (C=O) groups excluding carboxylic acids is 1. The lowest BCUT2D eigenvalue weighted by molar-refractivity contribution is 0.102. The maximum Gasteiger partial charge on any atom is 0.260 e. The molecule has 0 aliphatic carbocycles. The van der Waals surface area contributed by atoms with E-state index in [9.17, 15) is 4.79 Å². The van der Waals surface area contributed by atoms with Crippen molar-refractivity contribution < 1.29 is 4.79 Å². The molecule has 0 spiro atoms. The number of hydrogen-bond donors (Lipinski definition) is 1. The van der Waals surface area contributed by atoms with Gasteiger partial charge in [0.15, 0.2) is 5.82 Å². The molecule has 2 rings (SSSR count).